The molecular weight excluding hydrogens is 814 g/mol. The monoisotopic (exact) mass is 867 g/mol. The minimum absolute atomic E-state index is 0.0954. The van der Waals surface area contributed by atoms with Crippen LogP contribution in [0.1, 0.15) is 71.4 Å². The summed E-state index contributed by atoms with van der Waals surface area (Å²) in [5.74, 6) is -1.90. The summed E-state index contributed by atoms with van der Waals surface area (Å²) in [6, 6.07) is 38.4. The van der Waals surface area contributed by atoms with Gasteiger partial charge in [-0.2, -0.15) is 0 Å². The van der Waals surface area contributed by atoms with Crippen molar-refractivity contribution in [2.45, 2.75) is 62.6 Å². The third kappa shape index (κ3) is 8.84. The van der Waals surface area contributed by atoms with Crippen molar-refractivity contribution in [1.82, 2.24) is 14.7 Å². The molecule has 0 N–H and O–H groups in total. The lowest BCUT2D eigenvalue weighted by Crippen LogP contribution is -2.58. The van der Waals surface area contributed by atoms with Gasteiger partial charge in [-0.05, 0) is 54.0 Å². The van der Waals surface area contributed by atoms with E-state index in [9.17, 15) is 14.4 Å². The summed E-state index contributed by atoms with van der Waals surface area (Å²) in [6.07, 6.45) is 2.17. The van der Waals surface area contributed by atoms with E-state index in [-0.39, 0.29) is 18.4 Å². The maximum absolute atomic E-state index is 15.1. The summed E-state index contributed by atoms with van der Waals surface area (Å²) in [5, 5.41) is 0.388. The van der Waals surface area contributed by atoms with E-state index in [1.54, 1.807) is 25.1 Å². The maximum Gasteiger partial charge on any atom is 0.410 e. The van der Waals surface area contributed by atoms with Gasteiger partial charge in [0.1, 0.15) is 18.7 Å². The molecule has 1 heterocycles. The lowest BCUT2D eigenvalue weighted by molar-refractivity contribution is -0.161. The second-order valence-electron chi connectivity index (χ2n) is 16.9. The van der Waals surface area contributed by atoms with Gasteiger partial charge in [0.2, 0.25) is 11.8 Å². The molecule has 0 radical (unpaired) electrons. The second kappa shape index (κ2) is 19.2. The van der Waals surface area contributed by atoms with Crippen LogP contribution in [0.15, 0.2) is 127 Å². The summed E-state index contributed by atoms with van der Waals surface area (Å²) in [7, 11) is 3.14. The van der Waals surface area contributed by atoms with Crippen molar-refractivity contribution in [2.75, 3.05) is 47.0 Å². The number of amides is 3. The molecule has 3 atom stereocenters. The highest BCUT2D eigenvalue weighted by molar-refractivity contribution is 6.31. The van der Waals surface area contributed by atoms with Crippen LogP contribution in [0.4, 0.5) is 4.79 Å². The minimum Gasteiger partial charge on any atom is -0.448 e. The van der Waals surface area contributed by atoms with Gasteiger partial charge in [0.15, 0.2) is 5.60 Å². The Morgan fingerprint density at radius 2 is 1.32 bits per heavy atom. The lowest BCUT2D eigenvalue weighted by Gasteiger charge is -2.39. The van der Waals surface area contributed by atoms with E-state index >= 15 is 4.79 Å². The molecular formula is C52H54ClN3O7. The van der Waals surface area contributed by atoms with Crippen LogP contribution in [0.2, 0.25) is 5.02 Å². The van der Waals surface area contributed by atoms with Crippen molar-refractivity contribution in [1.29, 1.82) is 0 Å². The van der Waals surface area contributed by atoms with Crippen LogP contribution in [0.25, 0.3) is 11.1 Å². The molecule has 1 saturated heterocycles. The normalized spacial score (nSPS) is 16.9. The van der Waals surface area contributed by atoms with E-state index in [2.05, 4.69) is 24.3 Å². The molecule has 1 aliphatic heterocycles. The Bertz CT molecular complexity index is 2390. The molecule has 0 aromatic heterocycles. The molecule has 0 spiro atoms. The van der Waals surface area contributed by atoms with Gasteiger partial charge in [-0.1, -0.05) is 151 Å². The number of rotatable bonds is 13. The average Bonchev–Trinajstić information content (AvgIpc) is 3.96. The highest BCUT2D eigenvalue weighted by atomic mass is 35.5. The fourth-order valence-corrected chi connectivity index (χ4v) is 10.0. The third-order valence-electron chi connectivity index (χ3n) is 13.1. The number of ether oxygens (including phenoxy) is 3. The van der Waals surface area contributed by atoms with Crippen molar-refractivity contribution in [3.05, 3.63) is 166 Å². The van der Waals surface area contributed by atoms with Crippen molar-refractivity contribution >= 4 is 35.5 Å². The van der Waals surface area contributed by atoms with E-state index in [1.807, 2.05) is 104 Å². The topological polar surface area (TPSA) is 106 Å². The van der Waals surface area contributed by atoms with Gasteiger partial charge in [0.25, 0.3) is 0 Å². The van der Waals surface area contributed by atoms with E-state index in [0.29, 0.717) is 48.0 Å². The number of esters is 1. The molecule has 3 aliphatic rings. The fraction of sp³-hybridized carbons (Fsp3) is 0.346. The van der Waals surface area contributed by atoms with Crippen molar-refractivity contribution in [3.8, 4) is 11.1 Å². The number of morpholine rings is 1. The SMILES string of the molecule is Cc1ccc(C(OC(=O)C[C@@H](C(=O)N2CCOCC2)N(C)C(=O)[C@H](C2CCCC2)N(C)C(=O)OCC2c3ccccc3-c3ccccc32)(c2ccccc2)c2ccccc2Cl)cc1. The molecule has 326 valence electrons. The van der Waals surface area contributed by atoms with Gasteiger partial charge >= 0.3 is 12.1 Å². The Morgan fingerprint density at radius 1 is 0.746 bits per heavy atom. The van der Waals surface area contributed by atoms with E-state index < -0.39 is 48.0 Å². The van der Waals surface area contributed by atoms with Gasteiger partial charge in [0.05, 0.1) is 19.6 Å². The second-order valence-corrected chi connectivity index (χ2v) is 17.3. The standard InChI is InChI=1S/C52H54ClN3O7/c1-35-25-27-38(28-26-35)52(37-17-5-4-6-18-37,44-23-13-14-24-45(44)53)63-47(57)33-46(49(58)56-29-31-61-32-30-56)54(2)50(59)48(36-15-7-8-16-36)55(3)51(60)62-34-43-41-21-11-9-19-39(41)40-20-10-12-22-42(40)43/h4-6,9-14,17-28,36,43,46,48H,7-8,15-16,29-34H2,1-3H3/t46-,48-,52?/m0/s1. The summed E-state index contributed by atoms with van der Waals surface area (Å²) in [4.78, 5) is 63.2. The maximum atomic E-state index is 15.1. The molecule has 2 fully saturated rings. The highest BCUT2D eigenvalue weighted by Crippen LogP contribution is 2.46. The fourth-order valence-electron chi connectivity index (χ4n) is 9.74. The van der Waals surface area contributed by atoms with Crippen LogP contribution in [0.3, 0.4) is 0 Å². The molecule has 2 aliphatic carbocycles. The molecule has 10 nitrogen and oxygen atoms in total. The zero-order valence-corrected chi connectivity index (χ0v) is 36.8. The Balaban J connectivity index is 1.10. The summed E-state index contributed by atoms with van der Waals surface area (Å²) in [6.45, 7) is 3.33. The van der Waals surface area contributed by atoms with E-state index in [4.69, 9.17) is 25.8 Å². The summed E-state index contributed by atoms with van der Waals surface area (Å²) in [5.41, 5.74) is 5.76. The minimum atomic E-state index is -1.52. The predicted octanol–water partition coefficient (Wildman–Crippen LogP) is 9.00. The van der Waals surface area contributed by atoms with Crippen LogP contribution >= 0.6 is 11.6 Å². The molecule has 0 bridgehead atoms. The number of hydrogen-bond donors (Lipinski definition) is 0. The third-order valence-corrected chi connectivity index (χ3v) is 13.4. The zero-order valence-electron chi connectivity index (χ0n) is 36.1. The Hall–Kier alpha value is -5.97. The predicted molar refractivity (Wildman–Crippen MR) is 242 cm³/mol. The van der Waals surface area contributed by atoms with Gasteiger partial charge in [-0.3, -0.25) is 19.3 Å². The van der Waals surface area contributed by atoms with Gasteiger partial charge in [-0.25, -0.2) is 4.79 Å². The molecule has 5 aromatic carbocycles. The number of nitrogens with zero attached hydrogens (tertiary/aromatic N) is 3. The smallest absolute Gasteiger partial charge is 0.410 e. The van der Waals surface area contributed by atoms with E-state index in [0.717, 1.165) is 53.5 Å². The molecule has 5 aromatic rings. The molecule has 1 unspecified atom stereocenters. The molecule has 8 rings (SSSR count). The number of carbonyl (C=O) groups excluding carboxylic acids is 4. The number of fused-ring (bicyclic) bond motifs is 3. The first-order chi connectivity index (χ1) is 30.6. The Kier molecular flexibility index (Phi) is 13.3. The number of hydrogen-bond acceptors (Lipinski definition) is 7. The van der Waals surface area contributed by atoms with Crippen LogP contribution in [0, 0.1) is 12.8 Å². The van der Waals surface area contributed by atoms with Crippen molar-refractivity contribution in [2.24, 2.45) is 5.92 Å². The number of carbonyl (C=O) groups is 4. The first-order valence-electron chi connectivity index (χ1n) is 21.9. The summed E-state index contributed by atoms with van der Waals surface area (Å²) >= 11 is 6.97. The van der Waals surface area contributed by atoms with Crippen molar-refractivity contribution < 1.29 is 33.4 Å². The Labute approximate surface area is 374 Å². The van der Waals surface area contributed by atoms with Crippen LogP contribution < -0.4 is 0 Å². The van der Waals surface area contributed by atoms with Crippen LogP contribution in [-0.4, -0.2) is 97.7 Å². The number of halogens is 1. The van der Waals surface area contributed by atoms with Gasteiger partial charge in [-0.15, -0.1) is 0 Å². The highest BCUT2D eigenvalue weighted by Gasteiger charge is 2.46. The van der Waals surface area contributed by atoms with Crippen LogP contribution in [-0.2, 0) is 34.2 Å². The number of benzene rings is 5. The Morgan fingerprint density at radius 3 is 1.95 bits per heavy atom. The first-order valence-corrected chi connectivity index (χ1v) is 22.3. The van der Waals surface area contributed by atoms with E-state index in [1.165, 1.54) is 9.80 Å². The molecule has 11 heteroatoms. The molecule has 3 amide bonds. The van der Waals surface area contributed by atoms with Crippen LogP contribution in [0.5, 0.6) is 0 Å². The average molecular weight is 868 g/mol. The largest absolute Gasteiger partial charge is 0.448 e. The number of aryl methyl sites for hydroxylation is 1. The van der Waals surface area contributed by atoms with Gasteiger partial charge in [0, 0.05) is 54.8 Å². The quantitative estimate of drug-likeness (QED) is 0.0860. The molecule has 1 saturated carbocycles. The zero-order chi connectivity index (χ0) is 44.1. The summed E-state index contributed by atoms with van der Waals surface area (Å²) < 4.78 is 18.4. The van der Waals surface area contributed by atoms with Gasteiger partial charge < -0.3 is 24.0 Å². The van der Waals surface area contributed by atoms with Crippen molar-refractivity contribution in [3.63, 3.8) is 0 Å². The first kappa shape index (κ1) is 43.7. The lowest BCUT2D eigenvalue weighted by atomic mass is 9.79. The molecule has 63 heavy (non-hydrogen) atoms. The number of likely N-dealkylation sites (N-methyl/N-ethyl adjacent to an activating group) is 2.